The van der Waals surface area contributed by atoms with Crippen molar-refractivity contribution in [2.24, 2.45) is 4.40 Å². The van der Waals surface area contributed by atoms with Gasteiger partial charge in [0.15, 0.2) is 5.60 Å². The molecule has 0 aromatic heterocycles. The minimum absolute atomic E-state index is 0.427. The van der Waals surface area contributed by atoms with E-state index in [0.29, 0.717) is 11.4 Å². The van der Waals surface area contributed by atoms with Crippen LogP contribution in [-0.2, 0) is 23.4 Å². The molecule has 25 heavy (non-hydrogen) atoms. The Hall–Kier alpha value is -1.01. The Bertz CT molecular complexity index is 807. The summed E-state index contributed by atoms with van der Waals surface area (Å²) in [5.74, 6) is 0.758. The first-order valence-corrected chi connectivity index (χ1v) is 10.2. The van der Waals surface area contributed by atoms with Gasteiger partial charge in [-0.15, -0.1) is 0 Å². The van der Waals surface area contributed by atoms with Crippen molar-refractivity contribution in [3.05, 3.63) is 63.1 Å². The molecule has 0 saturated heterocycles. The first kappa shape index (κ1) is 18.8. The van der Waals surface area contributed by atoms with E-state index in [0.717, 1.165) is 21.3 Å². The van der Waals surface area contributed by atoms with Crippen molar-refractivity contribution >= 4 is 45.1 Å². The van der Waals surface area contributed by atoms with E-state index in [2.05, 4.69) is 20.3 Å². The van der Waals surface area contributed by atoms with Crippen LogP contribution in [0.2, 0.25) is 5.02 Å². The predicted octanol–water partition coefficient (Wildman–Crippen LogP) is 5.47. The third-order valence-electron chi connectivity index (χ3n) is 4.03. The minimum Gasteiger partial charge on any atom is -0.591 e. The molecule has 0 radical (unpaired) electrons. The molecule has 1 aliphatic rings. The van der Waals surface area contributed by atoms with Crippen LogP contribution in [0.3, 0.4) is 0 Å². The van der Waals surface area contributed by atoms with E-state index in [4.69, 9.17) is 16.3 Å². The zero-order valence-electron chi connectivity index (χ0n) is 14.3. The molecule has 0 bridgehead atoms. The van der Waals surface area contributed by atoms with Crippen LogP contribution < -0.4 is 4.74 Å². The fraction of sp³-hybridized carbons (Fsp3) is 0.316. The summed E-state index contributed by atoms with van der Waals surface area (Å²) in [5.41, 5.74) is 1.16. The lowest BCUT2D eigenvalue weighted by Gasteiger charge is -2.26. The van der Waals surface area contributed by atoms with E-state index in [1.54, 1.807) is 12.3 Å². The fourth-order valence-electron chi connectivity index (χ4n) is 2.65. The molecule has 6 heteroatoms. The van der Waals surface area contributed by atoms with E-state index >= 15 is 0 Å². The number of nitrogens with zero attached hydrogens (tertiary/aromatic N) is 1. The number of hydrogen-bond acceptors (Lipinski definition) is 3. The number of fused-ring (bicyclic) bond motifs is 1. The van der Waals surface area contributed by atoms with Crippen LogP contribution in [0.4, 0.5) is 0 Å². The maximum absolute atomic E-state index is 12.4. The second-order valence-corrected chi connectivity index (χ2v) is 10.1. The molecule has 2 unspecified atom stereocenters. The molecule has 2 aromatic carbocycles. The Morgan fingerprint density at radius 3 is 2.56 bits per heavy atom. The van der Waals surface area contributed by atoms with E-state index < -0.39 is 21.7 Å². The number of rotatable bonds is 3. The molecule has 2 aromatic rings. The van der Waals surface area contributed by atoms with Gasteiger partial charge in [-0.25, -0.2) is 0 Å². The maximum atomic E-state index is 12.4. The summed E-state index contributed by atoms with van der Waals surface area (Å²) < 4.78 is 23.5. The predicted molar refractivity (Wildman–Crippen MR) is 108 cm³/mol. The highest BCUT2D eigenvalue weighted by molar-refractivity contribution is 9.10. The molecule has 3 nitrogen and oxygen atoms in total. The van der Waals surface area contributed by atoms with Gasteiger partial charge in [-0.1, -0.05) is 46.3 Å². The van der Waals surface area contributed by atoms with Gasteiger partial charge in [-0.3, -0.25) is 0 Å². The summed E-state index contributed by atoms with van der Waals surface area (Å²) in [6, 6.07) is 13.5. The summed E-state index contributed by atoms with van der Waals surface area (Å²) in [6.45, 7) is 5.70. The number of halogens is 2. The van der Waals surface area contributed by atoms with Crippen LogP contribution in [0.5, 0.6) is 5.75 Å². The monoisotopic (exact) mass is 439 g/mol. The van der Waals surface area contributed by atoms with E-state index in [-0.39, 0.29) is 0 Å². The van der Waals surface area contributed by atoms with Crippen molar-refractivity contribution in [3.63, 3.8) is 0 Å². The number of benzene rings is 2. The topological polar surface area (TPSA) is 44.7 Å². The van der Waals surface area contributed by atoms with Gasteiger partial charge in [0, 0.05) is 22.0 Å². The largest absolute Gasteiger partial charge is 0.591 e. The van der Waals surface area contributed by atoms with Gasteiger partial charge in [-0.2, -0.15) is 0 Å². The third kappa shape index (κ3) is 3.75. The Morgan fingerprint density at radius 1 is 1.24 bits per heavy atom. The molecule has 1 aliphatic heterocycles. The molecule has 132 valence electrons. The summed E-state index contributed by atoms with van der Waals surface area (Å²) in [6.07, 6.45) is 2.25. The average molecular weight is 441 g/mol. The van der Waals surface area contributed by atoms with Gasteiger partial charge < -0.3 is 9.29 Å². The van der Waals surface area contributed by atoms with Crippen LogP contribution in [0.25, 0.3) is 0 Å². The van der Waals surface area contributed by atoms with Crippen molar-refractivity contribution in [1.29, 1.82) is 0 Å². The molecule has 3 rings (SSSR count). The minimum atomic E-state index is -1.36. The molecule has 0 fully saturated rings. The van der Waals surface area contributed by atoms with Crippen LogP contribution in [0, 0.1) is 0 Å². The van der Waals surface area contributed by atoms with Crippen LogP contribution in [0.1, 0.15) is 31.9 Å². The molecule has 0 spiro atoms. The van der Waals surface area contributed by atoms with E-state index in [1.807, 2.05) is 57.2 Å². The smallest absolute Gasteiger partial charge is 0.178 e. The molecular formula is C19H19BrClNO2S. The lowest BCUT2D eigenvalue weighted by atomic mass is 9.90. The van der Waals surface area contributed by atoms with Gasteiger partial charge in [0.05, 0.1) is 5.02 Å². The lowest BCUT2D eigenvalue weighted by Crippen LogP contribution is -2.35. The second kappa shape index (κ2) is 6.95. The van der Waals surface area contributed by atoms with Crippen molar-refractivity contribution < 1.29 is 9.29 Å². The number of hydrogen-bond donors (Lipinski definition) is 0. The van der Waals surface area contributed by atoms with Gasteiger partial charge >= 0.3 is 0 Å². The zero-order chi connectivity index (χ0) is 18.2. The number of ether oxygens (including phenoxy) is 1. The van der Waals surface area contributed by atoms with Crippen molar-refractivity contribution in [2.75, 3.05) is 0 Å². The van der Waals surface area contributed by atoms with Gasteiger partial charge in [0.2, 0.25) is 0 Å². The second-order valence-electron chi connectivity index (χ2n) is 6.97. The highest BCUT2D eigenvalue weighted by Gasteiger charge is 2.42. The standard InChI is InChI=1S/C19H19BrClNO2S/c1-18(2,3)25(23)22-12-19(13-7-5-4-6-8-13)11-14-16(24-19)10-9-15(21)17(14)20/h4-10,12H,11H2,1-3H3. The van der Waals surface area contributed by atoms with E-state index in [9.17, 15) is 4.55 Å². The SMILES string of the molecule is CC(C)(C)[S+]([O-])N=CC1(c2ccccc2)Cc2c(ccc(Cl)c2Br)O1. The molecule has 0 amide bonds. The van der Waals surface area contributed by atoms with Crippen molar-refractivity contribution in [2.45, 2.75) is 37.5 Å². The molecule has 0 N–H and O–H groups in total. The first-order chi connectivity index (χ1) is 11.7. The van der Waals surface area contributed by atoms with Gasteiger partial charge in [-0.05, 0) is 48.8 Å². The van der Waals surface area contributed by atoms with Crippen molar-refractivity contribution in [1.82, 2.24) is 0 Å². The fourth-order valence-corrected chi connectivity index (χ4v) is 3.88. The Kier molecular flexibility index (Phi) is 5.22. The van der Waals surface area contributed by atoms with Gasteiger partial charge in [0.25, 0.3) is 0 Å². The van der Waals surface area contributed by atoms with Crippen molar-refractivity contribution in [3.8, 4) is 5.75 Å². The zero-order valence-corrected chi connectivity index (χ0v) is 17.4. The van der Waals surface area contributed by atoms with Crippen LogP contribution >= 0.6 is 27.5 Å². The molecule has 0 aliphatic carbocycles. The molecular weight excluding hydrogens is 422 g/mol. The summed E-state index contributed by atoms with van der Waals surface area (Å²) in [7, 11) is 0. The highest BCUT2D eigenvalue weighted by atomic mass is 79.9. The summed E-state index contributed by atoms with van der Waals surface area (Å²) >= 11 is 8.43. The van der Waals surface area contributed by atoms with Crippen LogP contribution in [0.15, 0.2) is 51.3 Å². The Morgan fingerprint density at radius 2 is 1.92 bits per heavy atom. The maximum Gasteiger partial charge on any atom is 0.178 e. The molecule has 2 atom stereocenters. The van der Waals surface area contributed by atoms with Crippen LogP contribution in [-0.4, -0.2) is 15.5 Å². The Balaban J connectivity index is 2.05. The van der Waals surface area contributed by atoms with E-state index in [1.165, 1.54) is 0 Å². The summed E-state index contributed by atoms with van der Waals surface area (Å²) in [4.78, 5) is 0. The summed E-state index contributed by atoms with van der Waals surface area (Å²) in [5, 5.41) is 0.640. The molecule has 1 heterocycles. The average Bonchev–Trinajstić information content (AvgIpc) is 2.97. The first-order valence-electron chi connectivity index (χ1n) is 7.91. The lowest BCUT2D eigenvalue weighted by molar-refractivity contribution is 0.177. The Labute approximate surface area is 164 Å². The third-order valence-corrected chi connectivity index (χ3v) is 6.82. The van der Waals surface area contributed by atoms with Gasteiger partial charge in [0.1, 0.15) is 28.1 Å². The normalized spacial score (nSPS) is 21.2. The molecule has 0 saturated carbocycles. The quantitative estimate of drug-likeness (QED) is 0.469. The highest BCUT2D eigenvalue weighted by Crippen LogP contribution is 2.45.